The minimum absolute atomic E-state index is 0.968. The van der Waals surface area contributed by atoms with E-state index in [0.717, 1.165) is 119 Å². The molecule has 26 rings (SSSR count). The summed E-state index contributed by atoms with van der Waals surface area (Å²) in [6.45, 7) is 2.17. The number of para-hydroxylation sites is 5. The van der Waals surface area contributed by atoms with E-state index in [0.29, 0.717) is 0 Å². The van der Waals surface area contributed by atoms with E-state index in [1.165, 1.54) is 110 Å². The minimum atomic E-state index is 0.968. The summed E-state index contributed by atoms with van der Waals surface area (Å²) in [5, 5.41) is 7.27. The van der Waals surface area contributed by atoms with Gasteiger partial charge < -0.3 is 28.4 Å². The fourth-order valence-corrected chi connectivity index (χ4v) is 20.6. The molecule has 6 heterocycles. The number of anilines is 9. The van der Waals surface area contributed by atoms with Crippen molar-refractivity contribution >= 4 is 117 Å². The first-order valence-electron chi connectivity index (χ1n) is 49.3. The van der Waals surface area contributed by atoms with Crippen LogP contribution in [0.1, 0.15) is 5.56 Å². The van der Waals surface area contributed by atoms with Crippen molar-refractivity contribution in [2.75, 3.05) is 14.7 Å². The van der Waals surface area contributed by atoms with E-state index in [1.54, 1.807) is 0 Å². The zero-order chi connectivity index (χ0) is 96.7. The van der Waals surface area contributed by atoms with Crippen molar-refractivity contribution in [1.29, 1.82) is 0 Å². The first-order chi connectivity index (χ1) is 71.9. The van der Waals surface area contributed by atoms with Crippen LogP contribution in [-0.4, -0.2) is 28.7 Å². The zero-order valence-corrected chi connectivity index (χ0v) is 79.8. The van der Waals surface area contributed by atoms with Gasteiger partial charge in [0, 0.05) is 119 Å². The highest BCUT2D eigenvalue weighted by Gasteiger charge is 2.27. The summed E-state index contributed by atoms with van der Waals surface area (Å²) in [4.78, 5) is 20.8. The Kier molecular flexibility index (Phi) is 24.3. The monoisotopic (exact) mass is 1860 g/mol. The van der Waals surface area contributed by atoms with Gasteiger partial charge >= 0.3 is 0 Å². The Bertz CT molecular complexity index is 8920. The summed E-state index contributed by atoms with van der Waals surface area (Å²) in [5.41, 5.74) is 39.9. The lowest BCUT2D eigenvalue weighted by Gasteiger charge is -2.27. The number of pyridine rings is 3. The first kappa shape index (κ1) is 88.4. The third kappa shape index (κ3) is 17.6. The lowest BCUT2D eigenvalue weighted by atomic mass is 10.00. The summed E-state index contributed by atoms with van der Waals surface area (Å²) in [6, 6.07) is 196. The second-order valence-corrected chi connectivity index (χ2v) is 36.2. The highest BCUT2D eigenvalue weighted by atomic mass is 15.2. The van der Waals surface area contributed by atoms with Crippen LogP contribution in [0.4, 0.5) is 51.2 Å². The van der Waals surface area contributed by atoms with E-state index < -0.39 is 0 Å². The van der Waals surface area contributed by atoms with Gasteiger partial charge in [-0.3, -0.25) is 15.0 Å². The van der Waals surface area contributed by atoms with Gasteiger partial charge in [0.1, 0.15) is 0 Å². The predicted octanol–water partition coefficient (Wildman–Crippen LogP) is 36.6. The second-order valence-electron chi connectivity index (χ2n) is 36.2. The molecule has 0 unspecified atom stereocenters. The SMILES string of the molecule is Cc1ccccc1-c1ccc(N(c2ccccc2)c2cccc3c2c2ccccc2n3-c2ccc(-c3ccccn3)cc2)cc1.c1ccc(-c2ccc(-c3ccc(N(c4ccccc4)c4cccc5c4c4ccccc4n5-c4ccc(-c5ccccn5)cc4)cc3)cc2)cc1.c1ccc(-c2ccc(N(c3ccc(-c4ccccc4)cc3)c3cccc4c3c3ccccc3n4-c3ccc(-c4ccccn4)cc3)cc2)cc1. The number of hydrogen-bond donors (Lipinski definition) is 0. The topological polar surface area (TPSA) is 63.2 Å². The van der Waals surface area contributed by atoms with Gasteiger partial charge in [0.25, 0.3) is 0 Å². The van der Waals surface area contributed by atoms with Crippen molar-refractivity contribution in [3.05, 3.63) is 576 Å². The number of aromatic nitrogens is 6. The summed E-state index contributed by atoms with van der Waals surface area (Å²) in [5.74, 6) is 0. The molecule has 0 amide bonds. The maximum absolute atomic E-state index is 4.56. The van der Waals surface area contributed by atoms with Crippen LogP contribution in [-0.2, 0) is 0 Å². The molecule has 26 aromatic rings. The van der Waals surface area contributed by atoms with Crippen LogP contribution >= 0.6 is 0 Å². The maximum atomic E-state index is 4.56. The molecule has 0 radical (unpaired) electrons. The molecule has 6 aromatic heterocycles. The smallest absolute Gasteiger partial charge is 0.0701 e. The molecule has 0 spiro atoms. The quantitative estimate of drug-likeness (QED) is 0.0758. The molecular formula is C136H97N9. The first-order valence-corrected chi connectivity index (χ1v) is 49.3. The van der Waals surface area contributed by atoms with Crippen molar-refractivity contribution in [2.24, 2.45) is 0 Å². The third-order valence-corrected chi connectivity index (χ3v) is 27.5. The predicted molar refractivity (Wildman–Crippen MR) is 608 cm³/mol. The molecule has 0 aliphatic heterocycles. The van der Waals surface area contributed by atoms with Gasteiger partial charge in [-0.2, -0.15) is 0 Å². The molecule has 0 aliphatic rings. The maximum Gasteiger partial charge on any atom is 0.0701 e. The van der Waals surface area contributed by atoms with Gasteiger partial charge in [-0.1, -0.05) is 352 Å². The van der Waals surface area contributed by atoms with Crippen LogP contribution in [0, 0.1) is 6.92 Å². The summed E-state index contributed by atoms with van der Waals surface area (Å²) in [6.07, 6.45) is 5.52. The highest BCUT2D eigenvalue weighted by molar-refractivity contribution is 6.19. The largest absolute Gasteiger partial charge is 0.310 e. The van der Waals surface area contributed by atoms with Crippen molar-refractivity contribution in [3.8, 4) is 106 Å². The van der Waals surface area contributed by atoms with Crippen LogP contribution < -0.4 is 14.7 Å². The minimum Gasteiger partial charge on any atom is -0.310 e. The number of aryl methyl sites for hydroxylation is 1. The Morgan fingerprint density at radius 1 is 0.159 bits per heavy atom. The summed E-state index contributed by atoms with van der Waals surface area (Å²) < 4.78 is 7.13. The van der Waals surface area contributed by atoms with E-state index in [-0.39, 0.29) is 0 Å². The van der Waals surface area contributed by atoms with Crippen molar-refractivity contribution in [2.45, 2.75) is 6.92 Å². The molecule has 686 valence electrons. The molecular weight excluding hydrogens is 1760 g/mol. The number of benzene rings is 20. The van der Waals surface area contributed by atoms with E-state index >= 15 is 0 Å². The third-order valence-electron chi connectivity index (χ3n) is 27.5. The average Bonchev–Trinajstić information content (AvgIpc) is 1.59. The van der Waals surface area contributed by atoms with Crippen molar-refractivity contribution in [3.63, 3.8) is 0 Å². The Labute approximate surface area is 843 Å². The Hall–Kier alpha value is -19.4. The molecule has 0 fully saturated rings. The van der Waals surface area contributed by atoms with Gasteiger partial charge in [0.05, 0.1) is 67.2 Å². The van der Waals surface area contributed by atoms with Gasteiger partial charge in [-0.15, -0.1) is 0 Å². The molecule has 0 saturated carbocycles. The standard InChI is InChI=1S/2C47H33N3.C42H31N3/c1-3-12-34(13-4-1)36-21-27-39(28-22-36)49(40-29-23-37(24-30-40)35-14-5-2-6-15-35)45-19-11-20-46-47(45)42-16-7-8-18-44(42)50(46)41-31-25-38(26-32-41)43-17-9-10-33-48-43;1-3-12-34(13-4-1)35-21-23-36(24-22-35)37-25-29-40(30-26-37)49(39-14-5-2-6-15-39)45-19-11-20-46-47(45)42-16-7-8-18-44(42)50(46)41-31-27-38(28-32-41)43-17-9-10-33-48-43;1-30-12-5-6-15-36(30)31-21-25-34(26-22-31)44(33-13-3-2-4-14-33)40-19-11-20-41-42(40)37-16-7-8-18-39(37)45(41)35-27-23-32(24-28-35)38-17-9-10-29-43-38/h2*1-33H;2-29H,1H3. The molecule has 0 bridgehead atoms. The van der Waals surface area contributed by atoms with E-state index in [9.17, 15) is 0 Å². The van der Waals surface area contributed by atoms with Crippen LogP contribution in [0.25, 0.3) is 172 Å². The lowest BCUT2D eigenvalue weighted by molar-refractivity contribution is 1.18. The Morgan fingerprint density at radius 2 is 0.379 bits per heavy atom. The van der Waals surface area contributed by atoms with Gasteiger partial charge in [0.2, 0.25) is 0 Å². The normalized spacial score (nSPS) is 11.2. The summed E-state index contributed by atoms with van der Waals surface area (Å²) >= 11 is 0. The fraction of sp³-hybridized carbons (Fsp3) is 0.00735. The highest BCUT2D eigenvalue weighted by Crippen LogP contribution is 2.50. The molecule has 0 N–H and O–H groups in total. The van der Waals surface area contributed by atoms with Gasteiger partial charge in [0.15, 0.2) is 0 Å². The van der Waals surface area contributed by atoms with Crippen LogP contribution in [0.2, 0.25) is 0 Å². The van der Waals surface area contributed by atoms with Crippen LogP contribution in [0.15, 0.2) is 571 Å². The van der Waals surface area contributed by atoms with Crippen molar-refractivity contribution in [1.82, 2.24) is 28.7 Å². The molecule has 0 atom stereocenters. The number of fused-ring (bicyclic) bond motifs is 9. The van der Waals surface area contributed by atoms with E-state index in [2.05, 4.69) is 554 Å². The Morgan fingerprint density at radius 3 is 0.662 bits per heavy atom. The molecule has 9 nitrogen and oxygen atoms in total. The Balaban J connectivity index is 0.000000117. The zero-order valence-electron chi connectivity index (χ0n) is 79.8. The number of nitrogens with zero attached hydrogens (tertiary/aromatic N) is 9. The molecule has 9 heteroatoms. The molecule has 20 aromatic carbocycles. The second kappa shape index (κ2) is 39.9. The molecule has 145 heavy (non-hydrogen) atoms. The van der Waals surface area contributed by atoms with Crippen LogP contribution in [0.3, 0.4) is 0 Å². The van der Waals surface area contributed by atoms with Gasteiger partial charge in [-0.25, -0.2) is 0 Å². The van der Waals surface area contributed by atoms with E-state index in [4.69, 9.17) is 0 Å². The average molecular weight is 1860 g/mol. The number of hydrogen-bond acceptors (Lipinski definition) is 6. The molecule has 0 saturated heterocycles. The summed E-state index contributed by atoms with van der Waals surface area (Å²) in [7, 11) is 0. The molecule has 0 aliphatic carbocycles. The van der Waals surface area contributed by atoms with E-state index in [1.807, 2.05) is 67.1 Å². The van der Waals surface area contributed by atoms with Crippen molar-refractivity contribution < 1.29 is 0 Å². The number of rotatable bonds is 20. The van der Waals surface area contributed by atoms with Crippen LogP contribution in [0.5, 0.6) is 0 Å². The van der Waals surface area contributed by atoms with Gasteiger partial charge in [-0.05, 0) is 268 Å². The fourth-order valence-electron chi connectivity index (χ4n) is 20.6. The lowest BCUT2D eigenvalue weighted by Crippen LogP contribution is -2.10.